The van der Waals surface area contributed by atoms with E-state index < -0.39 is 0 Å². The maximum Gasteiger partial charge on any atom is 0.323 e. The highest BCUT2D eigenvalue weighted by Gasteiger charge is 2.29. The number of benzene rings is 1. The zero-order chi connectivity index (χ0) is 14.8. The maximum atomic E-state index is 11.9. The van der Waals surface area contributed by atoms with Crippen LogP contribution in [-0.4, -0.2) is 20.9 Å². The molecule has 2 aromatic rings. The molecule has 1 aromatic heterocycles. The summed E-state index contributed by atoms with van der Waals surface area (Å²) in [6.07, 6.45) is 6.00. The fourth-order valence-corrected chi connectivity index (χ4v) is 2.26. The number of amides is 2. The lowest BCUT2D eigenvalue weighted by molar-refractivity contribution is 0.262. The highest BCUT2D eigenvalue weighted by Crippen LogP contribution is 2.39. The van der Waals surface area contributed by atoms with Gasteiger partial charge in [-0.15, -0.1) is 0 Å². The molecule has 110 valence electrons. The summed E-state index contributed by atoms with van der Waals surface area (Å²) in [5.74, 6) is 0.875. The molecule has 1 aliphatic carbocycles. The number of aromatic nitrogens is 2. The van der Waals surface area contributed by atoms with Crippen molar-refractivity contribution in [3.05, 3.63) is 36.7 Å². The highest BCUT2D eigenvalue weighted by molar-refractivity contribution is 5.99. The third-order valence-electron chi connectivity index (χ3n) is 3.71. The summed E-state index contributed by atoms with van der Waals surface area (Å²) in [6, 6.07) is 6.34. The molecule has 3 N–H and O–H groups in total. The molecule has 0 radical (unpaired) electrons. The first-order valence-electron chi connectivity index (χ1n) is 7.03. The zero-order valence-corrected chi connectivity index (χ0v) is 11.8. The van der Waals surface area contributed by atoms with Crippen LogP contribution in [0.2, 0.25) is 0 Å². The van der Waals surface area contributed by atoms with E-state index in [0.717, 1.165) is 0 Å². The zero-order valence-electron chi connectivity index (χ0n) is 11.8. The number of phenolic OH excluding ortho intramolecular Hbond substituents is 1. The molecule has 1 heterocycles. The van der Waals surface area contributed by atoms with Crippen molar-refractivity contribution in [1.29, 1.82) is 0 Å². The van der Waals surface area contributed by atoms with Crippen molar-refractivity contribution in [2.75, 3.05) is 10.6 Å². The number of nitrogens with zero attached hydrogens (tertiary/aromatic N) is 2. The van der Waals surface area contributed by atoms with Gasteiger partial charge in [0, 0.05) is 11.9 Å². The maximum absolute atomic E-state index is 11.9. The Hall–Kier alpha value is -2.50. The van der Waals surface area contributed by atoms with Crippen LogP contribution in [-0.2, 0) is 0 Å². The number of phenols is 1. The van der Waals surface area contributed by atoms with E-state index in [1.165, 1.54) is 25.0 Å². The van der Waals surface area contributed by atoms with E-state index >= 15 is 0 Å². The molecule has 1 aromatic carbocycles. The molecule has 0 bridgehead atoms. The number of carbonyl (C=O) groups is 1. The van der Waals surface area contributed by atoms with E-state index in [1.807, 2.05) is 10.9 Å². The number of hydrogen-bond donors (Lipinski definition) is 3. The van der Waals surface area contributed by atoms with Gasteiger partial charge in [0.25, 0.3) is 0 Å². The number of carbonyl (C=O) groups excluding carboxylic acids is 1. The lowest BCUT2D eigenvalue weighted by atomic mass is 10.2. The number of hydrogen-bond acceptors (Lipinski definition) is 3. The molecule has 21 heavy (non-hydrogen) atoms. The second-order valence-corrected chi connectivity index (χ2v) is 5.41. The molecule has 6 nitrogen and oxygen atoms in total. The molecule has 1 fully saturated rings. The van der Waals surface area contributed by atoms with Crippen LogP contribution in [0.3, 0.4) is 0 Å². The van der Waals surface area contributed by atoms with Gasteiger partial charge in [0.05, 0.1) is 17.9 Å². The Bertz CT molecular complexity index is 631. The molecular formula is C15H18N4O2. The molecule has 1 saturated carbocycles. The van der Waals surface area contributed by atoms with E-state index in [4.69, 9.17) is 0 Å². The Morgan fingerprint density at radius 1 is 1.29 bits per heavy atom. The second-order valence-electron chi connectivity index (χ2n) is 5.41. The summed E-state index contributed by atoms with van der Waals surface area (Å²) in [6.45, 7) is 2.14. The Kier molecular flexibility index (Phi) is 3.51. The van der Waals surface area contributed by atoms with E-state index in [1.54, 1.807) is 18.3 Å². The standard InChI is InChI=1S/C15H18N4O2/c1-10(11-2-3-11)19-9-13(8-16-19)18-15(21)17-12-4-6-14(20)7-5-12/h4-11,20H,2-3H2,1H3,(H2,17,18,21)/t10-/m0/s1. The van der Waals surface area contributed by atoms with Gasteiger partial charge in [0.2, 0.25) is 0 Å². The average molecular weight is 286 g/mol. The molecule has 0 saturated heterocycles. The minimum absolute atomic E-state index is 0.163. The van der Waals surface area contributed by atoms with Gasteiger partial charge >= 0.3 is 6.03 Å². The Balaban J connectivity index is 1.58. The first-order valence-corrected chi connectivity index (χ1v) is 7.03. The van der Waals surface area contributed by atoms with Gasteiger partial charge in [0.1, 0.15) is 5.75 Å². The van der Waals surface area contributed by atoms with Crippen molar-refractivity contribution in [2.45, 2.75) is 25.8 Å². The fraction of sp³-hybridized carbons (Fsp3) is 0.333. The first kappa shape index (κ1) is 13.5. The largest absolute Gasteiger partial charge is 0.508 e. The number of aromatic hydroxyl groups is 1. The molecular weight excluding hydrogens is 268 g/mol. The summed E-state index contributed by atoms with van der Waals surface area (Å²) in [7, 11) is 0. The van der Waals surface area contributed by atoms with Crippen molar-refractivity contribution in [1.82, 2.24) is 9.78 Å². The van der Waals surface area contributed by atoms with Gasteiger partial charge in [-0.25, -0.2) is 4.79 Å². The van der Waals surface area contributed by atoms with Crippen LogP contribution in [0.5, 0.6) is 5.75 Å². The number of urea groups is 1. The monoisotopic (exact) mass is 286 g/mol. The molecule has 6 heteroatoms. The van der Waals surface area contributed by atoms with E-state index in [0.29, 0.717) is 23.3 Å². The van der Waals surface area contributed by atoms with Crippen molar-refractivity contribution >= 4 is 17.4 Å². The third-order valence-corrected chi connectivity index (χ3v) is 3.71. The highest BCUT2D eigenvalue weighted by atomic mass is 16.3. The van der Waals surface area contributed by atoms with Crippen LogP contribution in [0.1, 0.15) is 25.8 Å². The summed E-state index contributed by atoms with van der Waals surface area (Å²) >= 11 is 0. The van der Waals surface area contributed by atoms with Gasteiger partial charge in [-0.2, -0.15) is 5.10 Å². The normalized spacial score (nSPS) is 15.5. The Morgan fingerprint density at radius 3 is 2.62 bits per heavy atom. The Labute approximate surface area is 122 Å². The van der Waals surface area contributed by atoms with Gasteiger partial charge < -0.3 is 15.7 Å². The molecule has 0 unspecified atom stereocenters. The molecule has 1 atom stereocenters. The number of anilines is 2. The van der Waals surface area contributed by atoms with Gasteiger partial charge in [-0.1, -0.05) is 0 Å². The quantitative estimate of drug-likeness (QED) is 0.755. The van der Waals surface area contributed by atoms with Crippen LogP contribution in [0.15, 0.2) is 36.7 Å². The van der Waals surface area contributed by atoms with Crippen molar-refractivity contribution in [2.24, 2.45) is 5.92 Å². The van der Waals surface area contributed by atoms with Gasteiger partial charge in [0.15, 0.2) is 0 Å². The predicted octanol–water partition coefficient (Wildman–Crippen LogP) is 3.20. The van der Waals surface area contributed by atoms with Crippen molar-refractivity contribution < 1.29 is 9.90 Å². The fourth-order valence-electron chi connectivity index (χ4n) is 2.26. The predicted molar refractivity (Wildman–Crippen MR) is 80.4 cm³/mol. The van der Waals surface area contributed by atoms with E-state index in [9.17, 15) is 9.90 Å². The van der Waals surface area contributed by atoms with Crippen LogP contribution in [0, 0.1) is 5.92 Å². The molecule has 0 spiro atoms. The smallest absolute Gasteiger partial charge is 0.323 e. The van der Waals surface area contributed by atoms with E-state index in [2.05, 4.69) is 22.7 Å². The van der Waals surface area contributed by atoms with Crippen LogP contribution in [0.25, 0.3) is 0 Å². The van der Waals surface area contributed by atoms with Crippen LogP contribution < -0.4 is 10.6 Å². The summed E-state index contributed by atoms with van der Waals surface area (Å²) in [5.41, 5.74) is 1.28. The molecule has 3 rings (SSSR count). The summed E-state index contributed by atoms with van der Waals surface area (Å²) in [5, 5.41) is 18.9. The topological polar surface area (TPSA) is 79.2 Å². The molecule has 1 aliphatic rings. The lowest BCUT2D eigenvalue weighted by Gasteiger charge is -2.09. The number of rotatable bonds is 4. The minimum Gasteiger partial charge on any atom is -0.508 e. The lowest BCUT2D eigenvalue weighted by Crippen LogP contribution is -2.19. The Morgan fingerprint density at radius 2 is 1.95 bits per heavy atom. The van der Waals surface area contributed by atoms with Gasteiger partial charge in [-0.05, 0) is 49.9 Å². The minimum atomic E-state index is -0.334. The van der Waals surface area contributed by atoms with Gasteiger partial charge in [-0.3, -0.25) is 4.68 Å². The third kappa shape index (κ3) is 3.34. The summed E-state index contributed by atoms with van der Waals surface area (Å²) in [4.78, 5) is 11.9. The van der Waals surface area contributed by atoms with Crippen molar-refractivity contribution in [3.63, 3.8) is 0 Å². The number of nitrogens with one attached hydrogen (secondary N) is 2. The van der Waals surface area contributed by atoms with E-state index in [-0.39, 0.29) is 11.8 Å². The van der Waals surface area contributed by atoms with Crippen molar-refractivity contribution in [3.8, 4) is 5.75 Å². The molecule has 2 amide bonds. The van der Waals surface area contributed by atoms with Crippen LogP contribution in [0.4, 0.5) is 16.2 Å². The second kappa shape index (κ2) is 5.47. The SMILES string of the molecule is C[C@@H](C1CC1)n1cc(NC(=O)Nc2ccc(O)cc2)cn1. The summed E-state index contributed by atoms with van der Waals surface area (Å²) < 4.78 is 1.90. The molecule has 0 aliphatic heterocycles. The van der Waals surface area contributed by atoms with Crippen LogP contribution >= 0.6 is 0 Å². The average Bonchev–Trinajstić information content (AvgIpc) is 3.21. The first-order chi connectivity index (χ1) is 10.1.